The van der Waals surface area contributed by atoms with Crippen LogP contribution in [0.3, 0.4) is 0 Å². The second-order valence-corrected chi connectivity index (χ2v) is 4.59. The molecule has 1 aromatic carbocycles. The smallest absolute Gasteiger partial charge is 0.306 e. The van der Waals surface area contributed by atoms with Gasteiger partial charge in [-0.05, 0) is 30.4 Å². The summed E-state index contributed by atoms with van der Waals surface area (Å²) in [6, 6.07) is 7.99. The number of benzene rings is 1. The fourth-order valence-electron chi connectivity index (χ4n) is 1.72. The summed E-state index contributed by atoms with van der Waals surface area (Å²) in [5, 5.41) is 8.76. The Kier molecular flexibility index (Phi) is 2.59. The van der Waals surface area contributed by atoms with Crippen LogP contribution in [-0.2, 0) is 11.2 Å². The Morgan fingerprint density at radius 3 is 2.79 bits per heavy atom. The number of hydrogen-bond donors (Lipinski definition) is 1. The fraction of sp³-hybridized carbons (Fsp3) is 0.364. The number of aliphatic carboxylic acids is 1. The summed E-state index contributed by atoms with van der Waals surface area (Å²) < 4.78 is 1.08. The molecule has 2 atom stereocenters. The minimum absolute atomic E-state index is 0.109. The molecule has 1 aliphatic carbocycles. The van der Waals surface area contributed by atoms with Crippen LogP contribution in [0.5, 0.6) is 0 Å². The Morgan fingerprint density at radius 1 is 1.50 bits per heavy atom. The first-order valence-corrected chi connectivity index (χ1v) is 5.44. The highest BCUT2D eigenvalue weighted by Crippen LogP contribution is 2.42. The number of halogens is 1. The van der Waals surface area contributed by atoms with Crippen molar-refractivity contribution in [1.29, 1.82) is 0 Å². The number of carboxylic acids is 1. The second-order valence-electron chi connectivity index (χ2n) is 3.74. The van der Waals surface area contributed by atoms with E-state index in [1.807, 2.05) is 24.3 Å². The lowest BCUT2D eigenvalue weighted by atomic mass is 10.1. The molecule has 0 aliphatic heterocycles. The highest BCUT2D eigenvalue weighted by molar-refractivity contribution is 9.10. The first-order valence-electron chi connectivity index (χ1n) is 4.64. The molecule has 0 saturated heterocycles. The van der Waals surface area contributed by atoms with Gasteiger partial charge in [-0.15, -0.1) is 0 Å². The summed E-state index contributed by atoms with van der Waals surface area (Å²) in [6.07, 6.45) is 1.70. The van der Waals surface area contributed by atoms with Gasteiger partial charge in [0.25, 0.3) is 0 Å². The van der Waals surface area contributed by atoms with E-state index in [0.29, 0.717) is 5.92 Å². The van der Waals surface area contributed by atoms with E-state index in [1.165, 1.54) is 5.56 Å². The predicted molar refractivity (Wildman–Crippen MR) is 57.1 cm³/mol. The topological polar surface area (TPSA) is 37.3 Å². The molecule has 2 rings (SSSR count). The number of rotatable bonds is 3. The number of hydrogen-bond acceptors (Lipinski definition) is 1. The van der Waals surface area contributed by atoms with Crippen LogP contribution >= 0.6 is 15.9 Å². The highest BCUT2D eigenvalue weighted by Gasteiger charge is 2.42. The average molecular weight is 255 g/mol. The Bertz CT molecular complexity index is 362. The van der Waals surface area contributed by atoms with E-state index in [-0.39, 0.29) is 5.92 Å². The highest BCUT2D eigenvalue weighted by atomic mass is 79.9. The van der Waals surface area contributed by atoms with Crippen LogP contribution in [0.2, 0.25) is 0 Å². The van der Waals surface area contributed by atoms with E-state index in [9.17, 15) is 4.79 Å². The van der Waals surface area contributed by atoms with Gasteiger partial charge >= 0.3 is 5.97 Å². The third-order valence-electron chi connectivity index (χ3n) is 2.68. The van der Waals surface area contributed by atoms with Crippen molar-refractivity contribution >= 4 is 21.9 Å². The van der Waals surface area contributed by atoms with Gasteiger partial charge in [-0.2, -0.15) is 0 Å². The van der Waals surface area contributed by atoms with Crippen LogP contribution in [0, 0.1) is 11.8 Å². The molecule has 0 bridgehead atoms. The minimum atomic E-state index is -0.651. The maximum absolute atomic E-state index is 10.6. The summed E-state index contributed by atoms with van der Waals surface area (Å²) in [6.45, 7) is 0. The maximum Gasteiger partial charge on any atom is 0.306 e. The van der Waals surface area contributed by atoms with Crippen molar-refractivity contribution in [1.82, 2.24) is 0 Å². The van der Waals surface area contributed by atoms with E-state index in [2.05, 4.69) is 15.9 Å². The van der Waals surface area contributed by atoms with Gasteiger partial charge in [0.2, 0.25) is 0 Å². The van der Waals surface area contributed by atoms with Crippen LogP contribution in [0.1, 0.15) is 12.0 Å². The molecule has 0 radical (unpaired) electrons. The van der Waals surface area contributed by atoms with Crippen molar-refractivity contribution in [3.63, 3.8) is 0 Å². The van der Waals surface area contributed by atoms with Gasteiger partial charge in [-0.1, -0.05) is 34.1 Å². The molecule has 14 heavy (non-hydrogen) atoms. The number of carbonyl (C=O) groups is 1. The molecule has 1 saturated carbocycles. The standard InChI is InChI=1S/C11H11BrO2/c12-10-4-2-1-3-7(10)5-8-6-9(8)11(13)14/h1-4,8-9H,5-6H2,(H,13,14). The van der Waals surface area contributed by atoms with Crippen molar-refractivity contribution in [2.24, 2.45) is 11.8 Å². The monoisotopic (exact) mass is 254 g/mol. The van der Waals surface area contributed by atoms with Gasteiger partial charge in [0.05, 0.1) is 5.92 Å². The first kappa shape index (κ1) is 9.71. The molecule has 0 heterocycles. The lowest BCUT2D eigenvalue weighted by Gasteiger charge is -2.02. The Hall–Kier alpha value is -0.830. The second kappa shape index (κ2) is 3.73. The normalized spacial score (nSPS) is 24.6. The molecule has 1 fully saturated rings. The SMILES string of the molecule is O=C(O)C1CC1Cc1ccccc1Br. The molecule has 3 heteroatoms. The zero-order valence-corrected chi connectivity index (χ0v) is 9.20. The van der Waals surface area contributed by atoms with E-state index >= 15 is 0 Å². The van der Waals surface area contributed by atoms with Gasteiger partial charge in [0, 0.05) is 4.47 Å². The van der Waals surface area contributed by atoms with Crippen LogP contribution in [0.15, 0.2) is 28.7 Å². The Morgan fingerprint density at radius 2 is 2.21 bits per heavy atom. The maximum atomic E-state index is 10.6. The van der Waals surface area contributed by atoms with E-state index in [0.717, 1.165) is 17.3 Å². The molecule has 2 nitrogen and oxygen atoms in total. The zero-order chi connectivity index (χ0) is 10.1. The molecular formula is C11H11BrO2. The van der Waals surface area contributed by atoms with Crippen LogP contribution in [-0.4, -0.2) is 11.1 Å². The summed E-state index contributed by atoms with van der Waals surface area (Å²) in [7, 11) is 0. The summed E-state index contributed by atoms with van der Waals surface area (Å²) in [5.74, 6) is -0.421. The summed E-state index contributed by atoms with van der Waals surface area (Å²) >= 11 is 3.46. The fourth-order valence-corrected chi connectivity index (χ4v) is 2.17. The summed E-state index contributed by atoms with van der Waals surface area (Å²) in [4.78, 5) is 10.6. The Labute approximate surface area is 91.1 Å². The zero-order valence-electron chi connectivity index (χ0n) is 7.61. The van der Waals surface area contributed by atoms with E-state index in [1.54, 1.807) is 0 Å². The van der Waals surface area contributed by atoms with E-state index in [4.69, 9.17) is 5.11 Å². The molecule has 74 valence electrons. The molecule has 2 unspecified atom stereocenters. The molecule has 1 aliphatic rings. The van der Waals surface area contributed by atoms with Crippen LogP contribution < -0.4 is 0 Å². The third-order valence-corrected chi connectivity index (χ3v) is 3.45. The van der Waals surface area contributed by atoms with Crippen molar-refractivity contribution in [2.45, 2.75) is 12.8 Å². The predicted octanol–water partition coefficient (Wildman–Crippen LogP) is 2.71. The van der Waals surface area contributed by atoms with Crippen LogP contribution in [0.4, 0.5) is 0 Å². The van der Waals surface area contributed by atoms with Gasteiger partial charge in [0.15, 0.2) is 0 Å². The number of carboxylic acid groups (broad SMARTS) is 1. The van der Waals surface area contributed by atoms with Crippen molar-refractivity contribution in [3.8, 4) is 0 Å². The van der Waals surface area contributed by atoms with Crippen molar-refractivity contribution in [2.75, 3.05) is 0 Å². The van der Waals surface area contributed by atoms with Gasteiger partial charge < -0.3 is 5.11 Å². The lowest BCUT2D eigenvalue weighted by molar-refractivity contribution is -0.138. The Balaban J connectivity index is 2.00. The van der Waals surface area contributed by atoms with Crippen molar-refractivity contribution in [3.05, 3.63) is 34.3 Å². The lowest BCUT2D eigenvalue weighted by Crippen LogP contribution is -2.01. The van der Waals surface area contributed by atoms with Crippen LogP contribution in [0.25, 0.3) is 0 Å². The van der Waals surface area contributed by atoms with E-state index < -0.39 is 5.97 Å². The molecular weight excluding hydrogens is 244 g/mol. The molecule has 0 spiro atoms. The molecule has 1 aromatic rings. The van der Waals surface area contributed by atoms with Gasteiger partial charge in [0.1, 0.15) is 0 Å². The van der Waals surface area contributed by atoms with Gasteiger partial charge in [-0.25, -0.2) is 0 Å². The van der Waals surface area contributed by atoms with Gasteiger partial charge in [-0.3, -0.25) is 4.79 Å². The largest absolute Gasteiger partial charge is 0.481 e. The minimum Gasteiger partial charge on any atom is -0.481 e. The third kappa shape index (κ3) is 1.98. The molecule has 1 N–H and O–H groups in total. The molecule has 0 aromatic heterocycles. The average Bonchev–Trinajstić information content (AvgIpc) is 2.88. The summed E-state index contributed by atoms with van der Waals surface area (Å²) in [5.41, 5.74) is 1.21. The van der Waals surface area contributed by atoms with Crippen molar-refractivity contribution < 1.29 is 9.90 Å². The first-order chi connectivity index (χ1) is 6.68. The quantitative estimate of drug-likeness (QED) is 0.901. The molecule has 0 amide bonds.